The van der Waals surface area contributed by atoms with Crippen LogP contribution < -0.4 is 0 Å². The van der Waals surface area contributed by atoms with Gasteiger partial charge in [0.2, 0.25) is 11.5 Å². The van der Waals surface area contributed by atoms with Gasteiger partial charge in [-0.3, -0.25) is 0 Å². The molecule has 16 heteroatoms. The maximum atomic E-state index is 11.8. The van der Waals surface area contributed by atoms with E-state index >= 15 is 0 Å². The van der Waals surface area contributed by atoms with Crippen molar-refractivity contribution in [1.29, 1.82) is 0 Å². The first kappa shape index (κ1) is 31.3. The molecule has 0 aliphatic rings. The summed E-state index contributed by atoms with van der Waals surface area (Å²) < 4.78 is 21.5. The number of hydrogen-bond donors (Lipinski definition) is 0. The molecule has 0 aromatic heterocycles. The molecule has 22 heavy (non-hydrogen) atoms. The lowest BCUT2D eigenvalue weighted by Gasteiger charge is -2.53. The molecule has 0 aliphatic heterocycles. The number of halogens is 13. The van der Waals surface area contributed by atoms with E-state index in [-0.39, 0.29) is 3.72 Å². The lowest BCUT2D eigenvalue weighted by atomic mass is 10.2. The molecule has 0 saturated heterocycles. The highest BCUT2D eigenvalue weighted by Crippen LogP contribution is 2.76. The highest BCUT2D eigenvalue weighted by molar-refractivity contribution is 14.3. The van der Waals surface area contributed by atoms with Gasteiger partial charge < -0.3 is 0 Å². The molecule has 0 heterocycles. The van der Waals surface area contributed by atoms with E-state index in [1.54, 1.807) is 0 Å². The van der Waals surface area contributed by atoms with E-state index < -0.39 is 12.9 Å². The standard InChI is InChI=1S/C6I13O2S/c7-1(8,3(11,12)5(15,16)17)2(9,10)4(13,14)6(18,19)22(20)21. The molecule has 0 saturated carbocycles. The van der Waals surface area contributed by atoms with Crippen LogP contribution in [0.2, 0.25) is 0 Å². The monoisotopic (exact) mass is 1790 g/mol. The summed E-state index contributed by atoms with van der Waals surface area (Å²) in [6.07, 6.45) is 0. The minimum atomic E-state index is -2.19. The minimum Gasteiger partial charge on any atom is -0.187 e. The number of hydrogen-bond acceptors (Lipinski definition) is 2. The van der Waals surface area contributed by atoms with Crippen molar-refractivity contribution in [3.05, 3.63) is 0 Å². The maximum absolute atomic E-state index is 11.8. The highest BCUT2D eigenvalue weighted by Gasteiger charge is 2.73. The lowest BCUT2D eigenvalue weighted by Crippen LogP contribution is -2.63. The molecule has 0 aromatic rings. The van der Waals surface area contributed by atoms with Crippen LogP contribution in [-0.4, -0.2) is 14.3 Å². The molecular formula is C6I13O2S. The Bertz CT molecular complexity index is 493. The van der Waals surface area contributed by atoms with Gasteiger partial charge in [0.25, 0.3) is 0 Å². The van der Waals surface area contributed by atoms with Crippen LogP contribution in [0.1, 0.15) is 0 Å². The summed E-state index contributed by atoms with van der Waals surface area (Å²) in [6.45, 7) is 0. The SMILES string of the molecule is O=[S](=O)C(I)(I)C(I)(I)C(I)(I)C(I)(I)C(I)(I)C(I)(I)I. The first-order valence-electron chi connectivity index (χ1n) is 4.24. The summed E-state index contributed by atoms with van der Waals surface area (Å²) in [5, 5.41) is 0. The predicted octanol–water partition coefficient (Wildman–Crippen LogP) is 9.61. The second kappa shape index (κ2) is 11.2. The first-order valence-corrected chi connectivity index (χ1v) is 19.3. The van der Waals surface area contributed by atoms with E-state index in [1.807, 2.05) is 0 Å². The summed E-state index contributed by atoms with van der Waals surface area (Å²) in [4.78, 5) is 0. The van der Waals surface area contributed by atoms with Crippen LogP contribution in [0.4, 0.5) is 0 Å². The fourth-order valence-corrected chi connectivity index (χ4v) is 18.8. The Kier molecular flexibility index (Phi) is 15.9. The van der Waals surface area contributed by atoms with Crippen LogP contribution in [0.3, 0.4) is 0 Å². The molecule has 1 radical (unpaired) electrons. The third-order valence-corrected chi connectivity index (χ3v) is 45.4. The largest absolute Gasteiger partial charge is 0.222 e. The van der Waals surface area contributed by atoms with Crippen molar-refractivity contribution in [2.24, 2.45) is 0 Å². The van der Waals surface area contributed by atoms with Gasteiger partial charge in [-0.2, -0.15) is 8.42 Å². The molecule has 2 nitrogen and oxygen atoms in total. The summed E-state index contributed by atoms with van der Waals surface area (Å²) in [5.41, 5.74) is 0. The first-order chi connectivity index (χ1) is 9.19. The van der Waals surface area contributed by atoms with Gasteiger partial charge in [0.1, 0.15) is 5.15 Å². The molecule has 0 atom stereocenters. The molecule has 0 aromatic carbocycles. The summed E-state index contributed by atoms with van der Waals surface area (Å²) in [7, 11) is -2.19. The maximum Gasteiger partial charge on any atom is 0.222 e. The molecule has 0 bridgehead atoms. The van der Waals surface area contributed by atoms with Gasteiger partial charge in [-0.1, -0.05) is 248 Å². The van der Waals surface area contributed by atoms with Gasteiger partial charge in [0, 0.05) is 0 Å². The molecule has 0 unspecified atom stereocenters. The molecule has 0 rings (SSSR count). The number of alkyl halides is 13. The molecule has 0 spiro atoms. The third-order valence-electron chi connectivity index (χ3n) is 2.11. The number of rotatable bonds is 6. The average molecular weight is 1790 g/mol. The summed E-state index contributed by atoms with van der Waals surface area (Å²) in [6, 6.07) is 0. The van der Waals surface area contributed by atoms with Crippen LogP contribution in [0.15, 0.2) is 0 Å². The highest BCUT2D eigenvalue weighted by atomic mass is 127. The average Bonchev–Trinajstić information content (AvgIpc) is 2.25. The van der Waals surface area contributed by atoms with E-state index in [2.05, 4.69) is 294 Å². The van der Waals surface area contributed by atoms with Crippen LogP contribution in [0.5, 0.6) is 0 Å². The van der Waals surface area contributed by atoms with Crippen molar-refractivity contribution in [1.82, 2.24) is 0 Å². The van der Waals surface area contributed by atoms with Crippen molar-refractivity contribution in [2.45, 2.75) is 5.91 Å². The summed E-state index contributed by atoms with van der Waals surface area (Å²) >= 11 is 31.0. The van der Waals surface area contributed by atoms with Crippen molar-refractivity contribution < 1.29 is 8.42 Å². The lowest BCUT2D eigenvalue weighted by molar-refractivity contribution is 0.608. The van der Waals surface area contributed by atoms with E-state index in [1.165, 1.54) is 0 Å². The van der Waals surface area contributed by atoms with Gasteiger partial charge in [-0.25, -0.2) is 0 Å². The van der Waals surface area contributed by atoms with E-state index in [9.17, 15) is 8.42 Å². The fraction of sp³-hybridized carbons (Fsp3) is 1.00. The van der Waals surface area contributed by atoms with Crippen LogP contribution >= 0.6 is 294 Å². The Balaban J connectivity index is 6.35. The Hall–Kier alpha value is 9.31. The van der Waals surface area contributed by atoms with Crippen molar-refractivity contribution in [3.8, 4) is 0 Å². The van der Waals surface area contributed by atoms with Gasteiger partial charge in [-0.15, -0.1) is 0 Å². The van der Waals surface area contributed by atoms with E-state index in [0.29, 0.717) is 0 Å². The minimum absolute atomic E-state index is 0.0371. The summed E-state index contributed by atoms with van der Waals surface area (Å²) in [5.74, 6) is 0. The van der Waals surface area contributed by atoms with E-state index in [0.717, 1.165) is 0 Å². The Morgan fingerprint density at radius 1 is 0.455 bits per heavy atom. The second-order valence-electron chi connectivity index (χ2n) is 3.55. The van der Waals surface area contributed by atoms with Crippen LogP contribution in [0.25, 0.3) is 0 Å². The quantitative estimate of drug-likeness (QED) is 0.196. The normalized spacial score (nSPS) is 15.9. The van der Waals surface area contributed by atoms with Crippen LogP contribution in [0, 0.1) is 0 Å². The van der Waals surface area contributed by atoms with Crippen molar-refractivity contribution >= 4 is 304 Å². The zero-order chi connectivity index (χ0) is 18.6. The smallest absolute Gasteiger partial charge is 0.187 e. The molecule has 0 amide bonds. The van der Waals surface area contributed by atoms with E-state index in [4.69, 9.17) is 0 Å². The fourth-order valence-electron chi connectivity index (χ4n) is 0.860. The van der Waals surface area contributed by atoms with Crippen molar-refractivity contribution in [2.75, 3.05) is 0 Å². The van der Waals surface area contributed by atoms with Gasteiger partial charge in [0.05, 0.1) is 0 Å². The molecule has 133 valence electrons. The third kappa shape index (κ3) is 6.46. The zero-order valence-corrected chi connectivity index (χ0v) is 38.0. The molecule has 0 fully saturated rings. The topological polar surface area (TPSA) is 34.1 Å². The molecule has 0 aliphatic carbocycles. The van der Waals surface area contributed by atoms with Crippen LogP contribution in [-0.2, 0) is 10.7 Å². The molecule has 0 N–H and O–H groups in total. The van der Waals surface area contributed by atoms with Gasteiger partial charge in [0.15, 0.2) is 0 Å². The Labute approximate surface area is 309 Å². The van der Waals surface area contributed by atoms with Gasteiger partial charge >= 0.3 is 0 Å². The van der Waals surface area contributed by atoms with Crippen molar-refractivity contribution in [3.63, 3.8) is 0 Å². The second-order valence-corrected chi connectivity index (χ2v) is 43.6. The predicted molar refractivity (Wildman–Crippen MR) is 208 cm³/mol. The Morgan fingerprint density at radius 3 is 0.955 bits per heavy atom. The molecular weight excluding hydrogens is 1790 g/mol. The Morgan fingerprint density at radius 2 is 0.727 bits per heavy atom. The zero-order valence-electron chi connectivity index (χ0n) is 9.14. The van der Waals surface area contributed by atoms with Gasteiger partial charge in [-0.05, 0) is 45.2 Å².